The van der Waals surface area contributed by atoms with Gasteiger partial charge in [0.15, 0.2) is 5.75 Å². The first kappa shape index (κ1) is 17.4. The fourth-order valence-electron chi connectivity index (χ4n) is 2.41. The van der Waals surface area contributed by atoms with Gasteiger partial charge in [0.1, 0.15) is 11.7 Å². The molecule has 2 atom stereocenters. The Morgan fingerprint density at radius 1 is 1.36 bits per heavy atom. The molecule has 0 unspecified atom stereocenters. The van der Waals surface area contributed by atoms with Crippen LogP contribution in [0.1, 0.15) is 40.0 Å². The monoisotopic (exact) mass is 389 g/mol. The van der Waals surface area contributed by atoms with Gasteiger partial charge in [-0.05, 0) is 61.7 Å². The maximum Gasteiger partial charge on any atom is 0.407 e. The highest BCUT2D eigenvalue weighted by Gasteiger charge is 2.29. The molecule has 122 valence electrons. The van der Waals surface area contributed by atoms with Gasteiger partial charge >= 0.3 is 6.09 Å². The molecule has 1 fully saturated rings. The van der Waals surface area contributed by atoms with Crippen molar-refractivity contribution in [2.45, 2.75) is 57.8 Å². The molecule has 0 radical (unpaired) electrons. The highest BCUT2D eigenvalue weighted by atomic mass is 79.9. The Morgan fingerprint density at radius 3 is 2.73 bits per heavy atom. The third-order valence-corrected chi connectivity index (χ3v) is 4.23. The van der Waals surface area contributed by atoms with E-state index in [1.54, 1.807) is 6.07 Å². The predicted octanol–water partition coefficient (Wildman–Crippen LogP) is 4.93. The number of benzene rings is 1. The Bertz CT molecular complexity index is 524. The van der Waals surface area contributed by atoms with Crippen molar-refractivity contribution >= 4 is 33.6 Å². The molecule has 22 heavy (non-hydrogen) atoms. The van der Waals surface area contributed by atoms with Crippen LogP contribution in [0.4, 0.5) is 4.79 Å². The Hall–Kier alpha value is -0.940. The minimum atomic E-state index is -0.485. The number of hydrogen-bond acceptors (Lipinski definition) is 3. The number of halogens is 2. The number of carbonyl (C=O) groups is 1. The second-order valence-corrected chi connectivity index (χ2v) is 7.71. The Kier molecular flexibility index (Phi) is 5.61. The third-order valence-electron chi connectivity index (χ3n) is 3.31. The van der Waals surface area contributed by atoms with Gasteiger partial charge in [-0.3, -0.25) is 0 Å². The Morgan fingerprint density at radius 2 is 2.09 bits per heavy atom. The molecule has 0 aliphatic heterocycles. The molecule has 2 rings (SSSR count). The summed E-state index contributed by atoms with van der Waals surface area (Å²) >= 11 is 9.60. The lowest BCUT2D eigenvalue weighted by atomic mass is 10.2. The number of amides is 1. The SMILES string of the molecule is CC(C)(C)OC(=O)N[C@H]1CC[C@@H](Oc2c(Cl)cccc2Br)C1. The summed E-state index contributed by atoms with van der Waals surface area (Å²) in [6.45, 7) is 5.55. The van der Waals surface area contributed by atoms with Gasteiger partial charge in [-0.25, -0.2) is 4.79 Å². The highest BCUT2D eigenvalue weighted by molar-refractivity contribution is 9.10. The summed E-state index contributed by atoms with van der Waals surface area (Å²) in [6.07, 6.45) is 2.15. The van der Waals surface area contributed by atoms with Crippen molar-refractivity contribution in [3.8, 4) is 5.75 Å². The van der Waals surface area contributed by atoms with Crippen LogP contribution >= 0.6 is 27.5 Å². The molecule has 0 heterocycles. The molecule has 0 saturated heterocycles. The zero-order valence-corrected chi connectivity index (χ0v) is 15.3. The number of carbonyl (C=O) groups excluding carboxylic acids is 1. The summed E-state index contributed by atoms with van der Waals surface area (Å²) in [5, 5.41) is 3.48. The van der Waals surface area contributed by atoms with Crippen molar-refractivity contribution in [3.05, 3.63) is 27.7 Å². The minimum absolute atomic E-state index is 0.0381. The van der Waals surface area contributed by atoms with Crippen molar-refractivity contribution in [1.82, 2.24) is 5.32 Å². The van der Waals surface area contributed by atoms with Gasteiger partial charge in [0, 0.05) is 12.5 Å². The average molecular weight is 391 g/mol. The number of nitrogens with one attached hydrogen (secondary N) is 1. The molecule has 4 nitrogen and oxygen atoms in total. The van der Waals surface area contributed by atoms with Crippen molar-refractivity contribution in [2.75, 3.05) is 0 Å². The summed E-state index contributed by atoms with van der Waals surface area (Å²) in [5.74, 6) is 0.659. The van der Waals surface area contributed by atoms with E-state index >= 15 is 0 Å². The molecule has 0 aromatic heterocycles. The third kappa shape index (κ3) is 5.06. The van der Waals surface area contributed by atoms with Crippen LogP contribution in [0.2, 0.25) is 5.02 Å². The second-order valence-electron chi connectivity index (χ2n) is 6.45. The largest absolute Gasteiger partial charge is 0.488 e. The molecule has 1 saturated carbocycles. The molecule has 1 aromatic carbocycles. The first-order valence-electron chi connectivity index (χ1n) is 7.35. The molecule has 1 aliphatic rings. The van der Waals surface area contributed by atoms with E-state index in [0.717, 1.165) is 23.7 Å². The van der Waals surface area contributed by atoms with E-state index in [1.807, 2.05) is 32.9 Å². The van der Waals surface area contributed by atoms with Gasteiger partial charge in [-0.1, -0.05) is 17.7 Å². The lowest BCUT2D eigenvalue weighted by Gasteiger charge is -2.22. The molecule has 0 bridgehead atoms. The van der Waals surface area contributed by atoms with Gasteiger partial charge in [0.25, 0.3) is 0 Å². The number of ether oxygens (including phenoxy) is 2. The number of hydrogen-bond donors (Lipinski definition) is 1. The average Bonchev–Trinajstić information content (AvgIpc) is 2.79. The standard InChI is InChI=1S/C16H21BrClNO3/c1-16(2,3)22-15(20)19-10-7-8-11(9-10)21-14-12(17)5-4-6-13(14)18/h4-6,10-11H,7-9H2,1-3H3,(H,19,20)/t10-,11+/m0/s1. The van der Waals surface area contributed by atoms with Crippen LogP contribution in [-0.4, -0.2) is 23.8 Å². The van der Waals surface area contributed by atoms with E-state index in [0.29, 0.717) is 10.8 Å². The van der Waals surface area contributed by atoms with Gasteiger partial charge in [-0.2, -0.15) is 0 Å². The first-order chi connectivity index (χ1) is 10.2. The molecule has 1 N–H and O–H groups in total. The molecule has 1 aromatic rings. The zero-order valence-electron chi connectivity index (χ0n) is 13.0. The van der Waals surface area contributed by atoms with Crippen molar-refractivity contribution in [1.29, 1.82) is 0 Å². The molecular formula is C16H21BrClNO3. The van der Waals surface area contributed by atoms with Crippen LogP contribution in [-0.2, 0) is 4.74 Å². The minimum Gasteiger partial charge on any atom is -0.488 e. The van der Waals surface area contributed by atoms with Gasteiger partial charge in [0.05, 0.1) is 9.50 Å². The van der Waals surface area contributed by atoms with Crippen LogP contribution in [0.3, 0.4) is 0 Å². The molecule has 0 spiro atoms. The van der Waals surface area contributed by atoms with Crippen molar-refractivity contribution < 1.29 is 14.3 Å². The Labute approximate surface area is 144 Å². The Balaban J connectivity index is 1.87. The molecule has 1 aliphatic carbocycles. The predicted molar refractivity (Wildman–Crippen MR) is 90.6 cm³/mol. The molecular weight excluding hydrogens is 370 g/mol. The lowest BCUT2D eigenvalue weighted by molar-refractivity contribution is 0.0503. The lowest BCUT2D eigenvalue weighted by Crippen LogP contribution is -2.38. The van der Waals surface area contributed by atoms with Crippen LogP contribution < -0.4 is 10.1 Å². The van der Waals surface area contributed by atoms with E-state index in [1.165, 1.54) is 0 Å². The fraction of sp³-hybridized carbons (Fsp3) is 0.562. The normalized spacial score (nSPS) is 21.5. The van der Waals surface area contributed by atoms with Crippen molar-refractivity contribution in [2.24, 2.45) is 0 Å². The van der Waals surface area contributed by atoms with Crippen LogP contribution in [0.25, 0.3) is 0 Å². The van der Waals surface area contributed by atoms with Gasteiger partial charge in [0.2, 0.25) is 0 Å². The molecule has 1 amide bonds. The van der Waals surface area contributed by atoms with E-state index in [-0.39, 0.29) is 18.2 Å². The van der Waals surface area contributed by atoms with Gasteiger partial charge in [-0.15, -0.1) is 0 Å². The highest BCUT2D eigenvalue weighted by Crippen LogP contribution is 2.35. The smallest absolute Gasteiger partial charge is 0.407 e. The fourth-order valence-corrected chi connectivity index (χ4v) is 3.21. The maximum atomic E-state index is 11.8. The van der Waals surface area contributed by atoms with E-state index in [4.69, 9.17) is 21.1 Å². The topological polar surface area (TPSA) is 47.6 Å². The summed E-state index contributed by atoms with van der Waals surface area (Å²) in [7, 11) is 0. The van der Waals surface area contributed by atoms with Gasteiger partial charge < -0.3 is 14.8 Å². The van der Waals surface area contributed by atoms with Crippen LogP contribution in [0.15, 0.2) is 22.7 Å². The molecule has 6 heteroatoms. The number of rotatable bonds is 3. The number of alkyl carbamates (subject to hydrolysis) is 1. The zero-order chi connectivity index (χ0) is 16.3. The number of para-hydroxylation sites is 1. The summed E-state index contributed by atoms with van der Waals surface area (Å²) < 4.78 is 12.1. The van der Waals surface area contributed by atoms with Crippen LogP contribution in [0.5, 0.6) is 5.75 Å². The van der Waals surface area contributed by atoms with E-state index in [9.17, 15) is 4.79 Å². The summed E-state index contributed by atoms with van der Waals surface area (Å²) in [4.78, 5) is 11.8. The van der Waals surface area contributed by atoms with Crippen LogP contribution in [0, 0.1) is 0 Å². The summed E-state index contributed by atoms with van der Waals surface area (Å²) in [5.41, 5.74) is -0.485. The quantitative estimate of drug-likeness (QED) is 0.796. The second kappa shape index (κ2) is 7.09. The first-order valence-corrected chi connectivity index (χ1v) is 8.52. The maximum absolute atomic E-state index is 11.8. The van der Waals surface area contributed by atoms with Crippen molar-refractivity contribution in [3.63, 3.8) is 0 Å². The van der Waals surface area contributed by atoms with E-state index in [2.05, 4.69) is 21.2 Å². The van der Waals surface area contributed by atoms with E-state index < -0.39 is 5.60 Å². The summed E-state index contributed by atoms with van der Waals surface area (Å²) in [6, 6.07) is 5.63.